The Kier molecular flexibility index (Phi) is 6.26. The van der Waals surface area contributed by atoms with Crippen LogP contribution >= 0.6 is 0 Å². The van der Waals surface area contributed by atoms with Crippen LogP contribution in [0.3, 0.4) is 0 Å². The summed E-state index contributed by atoms with van der Waals surface area (Å²) in [6.07, 6.45) is 6.82. The highest BCUT2D eigenvalue weighted by atomic mass is 15.1. The van der Waals surface area contributed by atoms with Crippen LogP contribution in [0.1, 0.15) is 46.0 Å². The Balaban J connectivity index is 2.30. The molecule has 1 fully saturated rings. The van der Waals surface area contributed by atoms with E-state index in [1.54, 1.807) is 0 Å². The van der Waals surface area contributed by atoms with Crippen molar-refractivity contribution >= 4 is 0 Å². The maximum Gasteiger partial charge on any atom is 0.00216 e. The summed E-state index contributed by atoms with van der Waals surface area (Å²) < 4.78 is 0. The van der Waals surface area contributed by atoms with Crippen LogP contribution in [0.2, 0.25) is 0 Å². The van der Waals surface area contributed by atoms with Crippen LogP contribution in [0, 0.1) is 11.8 Å². The van der Waals surface area contributed by atoms with E-state index < -0.39 is 0 Å². The molecule has 0 radical (unpaired) electrons. The molecule has 15 heavy (non-hydrogen) atoms. The van der Waals surface area contributed by atoms with Gasteiger partial charge >= 0.3 is 0 Å². The standard InChI is InChI=1S/C13H28N2/c1-3-12-6-5-8-15(9-7-12)11-13(4-2)10-14/h12-13H,3-11,14H2,1-2H3. The summed E-state index contributed by atoms with van der Waals surface area (Å²) in [5, 5.41) is 0. The second kappa shape index (κ2) is 7.24. The van der Waals surface area contributed by atoms with Crippen molar-refractivity contribution in [2.75, 3.05) is 26.2 Å². The van der Waals surface area contributed by atoms with Gasteiger partial charge in [0.05, 0.1) is 0 Å². The van der Waals surface area contributed by atoms with E-state index in [-0.39, 0.29) is 0 Å². The highest BCUT2D eigenvalue weighted by Crippen LogP contribution is 2.20. The van der Waals surface area contributed by atoms with Gasteiger partial charge in [-0.25, -0.2) is 0 Å². The second-order valence-corrected chi connectivity index (χ2v) is 5.02. The van der Waals surface area contributed by atoms with Crippen molar-refractivity contribution in [3.05, 3.63) is 0 Å². The van der Waals surface area contributed by atoms with Gasteiger partial charge in [-0.1, -0.05) is 26.7 Å². The maximum absolute atomic E-state index is 5.77. The SMILES string of the molecule is CCC1CCCN(CC(CC)CN)CC1. The maximum atomic E-state index is 5.77. The van der Waals surface area contributed by atoms with Gasteiger partial charge in [-0.3, -0.25) is 0 Å². The van der Waals surface area contributed by atoms with E-state index >= 15 is 0 Å². The minimum absolute atomic E-state index is 0.711. The molecule has 1 aliphatic rings. The van der Waals surface area contributed by atoms with Crippen molar-refractivity contribution in [1.29, 1.82) is 0 Å². The minimum Gasteiger partial charge on any atom is -0.330 e. The lowest BCUT2D eigenvalue weighted by atomic mass is 9.98. The summed E-state index contributed by atoms with van der Waals surface area (Å²) in [5.41, 5.74) is 5.77. The van der Waals surface area contributed by atoms with Crippen LogP contribution in [0.5, 0.6) is 0 Å². The average Bonchev–Trinajstić information content (AvgIpc) is 2.50. The highest BCUT2D eigenvalue weighted by molar-refractivity contribution is 4.72. The summed E-state index contributed by atoms with van der Waals surface area (Å²) in [6, 6.07) is 0. The Morgan fingerprint density at radius 1 is 1.27 bits per heavy atom. The van der Waals surface area contributed by atoms with E-state index in [0.717, 1.165) is 12.5 Å². The Morgan fingerprint density at radius 2 is 2.07 bits per heavy atom. The summed E-state index contributed by atoms with van der Waals surface area (Å²) >= 11 is 0. The first-order valence-corrected chi connectivity index (χ1v) is 6.72. The molecular formula is C13H28N2. The van der Waals surface area contributed by atoms with Crippen LogP contribution in [-0.2, 0) is 0 Å². The lowest BCUT2D eigenvalue weighted by molar-refractivity contribution is 0.234. The van der Waals surface area contributed by atoms with Crippen molar-refractivity contribution in [2.45, 2.75) is 46.0 Å². The van der Waals surface area contributed by atoms with Gasteiger partial charge in [0.2, 0.25) is 0 Å². The molecule has 0 aromatic heterocycles. The van der Waals surface area contributed by atoms with Gasteiger partial charge < -0.3 is 10.6 Å². The van der Waals surface area contributed by atoms with Gasteiger partial charge in [-0.15, -0.1) is 0 Å². The molecular weight excluding hydrogens is 184 g/mol. The lowest BCUT2D eigenvalue weighted by Crippen LogP contribution is -2.33. The predicted molar refractivity (Wildman–Crippen MR) is 66.9 cm³/mol. The third-order valence-corrected chi connectivity index (χ3v) is 3.94. The third kappa shape index (κ3) is 4.52. The number of rotatable bonds is 5. The number of hydrogen-bond acceptors (Lipinski definition) is 2. The Labute approximate surface area is 95.2 Å². The molecule has 2 N–H and O–H groups in total. The fourth-order valence-electron chi connectivity index (χ4n) is 2.55. The van der Waals surface area contributed by atoms with Crippen molar-refractivity contribution in [3.8, 4) is 0 Å². The van der Waals surface area contributed by atoms with Gasteiger partial charge in [-0.2, -0.15) is 0 Å². The molecule has 1 rings (SSSR count). The van der Waals surface area contributed by atoms with E-state index in [4.69, 9.17) is 5.73 Å². The Morgan fingerprint density at radius 3 is 2.67 bits per heavy atom. The first kappa shape index (κ1) is 13.0. The van der Waals surface area contributed by atoms with E-state index in [1.165, 1.54) is 51.7 Å². The van der Waals surface area contributed by atoms with Crippen molar-refractivity contribution in [3.63, 3.8) is 0 Å². The molecule has 90 valence electrons. The van der Waals surface area contributed by atoms with Crippen LogP contribution in [0.15, 0.2) is 0 Å². The van der Waals surface area contributed by atoms with Crippen LogP contribution in [0.4, 0.5) is 0 Å². The fourth-order valence-corrected chi connectivity index (χ4v) is 2.55. The highest BCUT2D eigenvalue weighted by Gasteiger charge is 2.17. The number of hydrogen-bond donors (Lipinski definition) is 1. The Hall–Kier alpha value is -0.0800. The molecule has 1 saturated heterocycles. The van der Waals surface area contributed by atoms with Gasteiger partial charge in [0, 0.05) is 6.54 Å². The van der Waals surface area contributed by atoms with Crippen LogP contribution in [0.25, 0.3) is 0 Å². The summed E-state index contributed by atoms with van der Waals surface area (Å²) in [5.74, 6) is 1.69. The molecule has 0 amide bonds. The van der Waals surface area contributed by atoms with Gasteiger partial charge in [0.25, 0.3) is 0 Å². The van der Waals surface area contributed by atoms with Gasteiger partial charge in [-0.05, 0) is 50.7 Å². The van der Waals surface area contributed by atoms with E-state index in [9.17, 15) is 0 Å². The minimum atomic E-state index is 0.711. The predicted octanol–water partition coefficient (Wildman–Crippen LogP) is 2.48. The van der Waals surface area contributed by atoms with E-state index in [0.29, 0.717) is 5.92 Å². The Bertz CT molecular complexity index is 155. The molecule has 0 aliphatic carbocycles. The second-order valence-electron chi connectivity index (χ2n) is 5.02. The molecule has 0 aromatic carbocycles. The number of likely N-dealkylation sites (tertiary alicyclic amines) is 1. The normalized spacial score (nSPS) is 26.2. The summed E-state index contributed by atoms with van der Waals surface area (Å²) in [4.78, 5) is 2.64. The van der Waals surface area contributed by atoms with Gasteiger partial charge in [0.1, 0.15) is 0 Å². The quantitative estimate of drug-likeness (QED) is 0.758. The summed E-state index contributed by atoms with van der Waals surface area (Å²) in [6.45, 7) is 9.26. The van der Waals surface area contributed by atoms with Gasteiger partial charge in [0.15, 0.2) is 0 Å². The molecule has 2 unspecified atom stereocenters. The first-order valence-electron chi connectivity index (χ1n) is 6.72. The zero-order chi connectivity index (χ0) is 11.1. The molecule has 0 saturated carbocycles. The first-order chi connectivity index (χ1) is 7.30. The zero-order valence-corrected chi connectivity index (χ0v) is 10.5. The van der Waals surface area contributed by atoms with Crippen molar-refractivity contribution in [2.24, 2.45) is 17.6 Å². The monoisotopic (exact) mass is 212 g/mol. The average molecular weight is 212 g/mol. The molecule has 2 heteroatoms. The molecule has 1 aliphatic heterocycles. The number of nitrogens with two attached hydrogens (primary N) is 1. The molecule has 0 spiro atoms. The molecule has 2 atom stereocenters. The molecule has 2 nitrogen and oxygen atoms in total. The number of nitrogens with zero attached hydrogens (tertiary/aromatic N) is 1. The fraction of sp³-hybridized carbons (Fsp3) is 1.00. The molecule has 0 bridgehead atoms. The molecule has 0 aromatic rings. The van der Waals surface area contributed by atoms with Crippen molar-refractivity contribution in [1.82, 2.24) is 4.90 Å². The summed E-state index contributed by atoms with van der Waals surface area (Å²) in [7, 11) is 0. The van der Waals surface area contributed by atoms with E-state index in [2.05, 4.69) is 18.7 Å². The lowest BCUT2D eigenvalue weighted by Gasteiger charge is -2.24. The molecule has 1 heterocycles. The van der Waals surface area contributed by atoms with Crippen LogP contribution < -0.4 is 5.73 Å². The smallest absolute Gasteiger partial charge is 0.00216 e. The van der Waals surface area contributed by atoms with Crippen LogP contribution in [-0.4, -0.2) is 31.1 Å². The topological polar surface area (TPSA) is 29.3 Å². The van der Waals surface area contributed by atoms with E-state index in [1.807, 2.05) is 0 Å². The largest absolute Gasteiger partial charge is 0.330 e. The third-order valence-electron chi connectivity index (χ3n) is 3.94. The van der Waals surface area contributed by atoms with Crippen molar-refractivity contribution < 1.29 is 0 Å². The zero-order valence-electron chi connectivity index (χ0n) is 10.5.